The Morgan fingerprint density at radius 1 is 1.62 bits per heavy atom. The molecule has 0 saturated carbocycles. The third-order valence-corrected chi connectivity index (χ3v) is 2.22. The fourth-order valence-corrected chi connectivity index (χ4v) is 1.69. The Bertz CT molecular complexity index is 476. The summed E-state index contributed by atoms with van der Waals surface area (Å²) in [5.74, 6) is 0.337. The molecule has 2 rings (SSSR count). The molecule has 0 atom stereocenters. The number of hydrogen-bond donors (Lipinski definition) is 0. The highest BCUT2D eigenvalue weighted by Crippen LogP contribution is 2.20. The fraction of sp³-hybridized carbons (Fsp3) is 0.111. The molecule has 66 valence electrons. The average molecular weight is 195 g/mol. The zero-order chi connectivity index (χ0) is 9.42. The third kappa shape index (κ3) is 1.12. The van der Waals surface area contributed by atoms with Gasteiger partial charge in [-0.2, -0.15) is 0 Å². The Hall–Kier alpha value is -1.35. The molecule has 0 unspecified atom stereocenters. The Morgan fingerprint density at radius 2 is 2.38 bits per heavy atom. The minimum absolute atomic E-state index is 0.337. The van der Waals surface area contributed by atoms with Gasteiger partial charge in [0, 0.05) is 6.20 Å². The molecule has 0 aliphatic carbocycles. The highest BCUT2D eigenvalue weighted by atomic mass is 35.5. The van der Waals surface area contributed by atoms with Crippen molar-refractivity contribution in [2.24, 2.45) is 0 Å². The molecule has 0 amide bonds. The van der Waals surface area contributed by atoms with E-state index in [0.29, 0.717) is 17.3 Å². The van der Waals surface area contributed by atoms with E-state index < -0.39 is 0 Å². The lowest BCUT2D eigenvalue weighted by Crippen LogP contribution is -1.91. The molecular weight excluding hydrogens is 188 g/mol. The van der Waals surface area contributed by atoms with Gasteiger partial charge in [-0.05, 0) is 18.6 Å². The predicted octanol–water partition coefficient (Wildman–Crippen LogP) is 2.11. The number of fused-ring (bicyclic) bond motifs is 1. The first-order valence-corrected chi connectivity index (χ1v) is 4.20. The van der Waals surface area contributed by atoms with E-state index in [0.717, 1.165) is 11.1 Å². The van der Waals surface area contributed by atoms with E-state index in [-0.39, 0.29) is 0 Å². The maximum atomic E-state index is 10.6. The molecular formula is C9H7ClN2O. The van der Waals surface area contributed by atoms with Gasteiger partial charge in [-0.25, -0.2) is 4.98 Å². The van der Waals surface area contributed by atoms with Gasteiger partial charge < -0.3 is 0 Å². The summed E-state index contributed by atoms with van der Waals surface area (Å²) < 4.78 is 1.69. The molecule has 0 aliphatic rings. The second-order valence-electron chi connectivity index (χ2n) is 2.79. The number of carbonyl (C=O) groups is 1. The number of hydrogen-bond acceptors (Lipinski definition) is 2. The van der Waals surface area contributed by atoms with Crippen LogP contribution in [0, 0.1) is 6.92 Å². The van der Waals surface area contributed by atoms with E-state index in [9.17, 15) is 4.79 Å². The molecule has 0 radical (unpaired) electrons. The van der Waals surface area contributed by atoms with E-state index in [1.807, 2.05) is 19.1 Å². The van der Waals surface area contributed by atoms with Crippen LogP contribution in [-0.4, -0.2) is 15.7 Å². The molecule has 0 spiro atoms. The Labute approximate surface area is 80.0 Å². The third-order valence-electron chi connectivity index (χ3n) is 1.96. The van der Waals surface area contributed by atoms with E-state index in [2.05, 4.69) is 4.98 Å². The number of aldehydes is 1. The van der Waals surface area contributed by atoms with Gasteiger partial charge in [-0.1, -0.05) is 17.7 Å². The van der Waals surface area contributed by atoms with Crippen molar-refractivity contribution in [3.05, 3.63) is 34.9 Å². The molecule has 13 heavy (non-hydrogen) atoms. The minimum Gasteiger partial charge on any atom is -0.296 e. The molecule has 3 nitrogen and oxygen atoms in total. The second kappa shape index (κ2) is 2.85. The largest absolute Gasteiger partial charge is 0.296 e. The SMILES string of the molecule is Cc1cccn2c(C=O)nc(Cl)c12. The van der Waals surface area contributed by atoms with Gasteiger partial charge in [0.15, 0.2) is 17.3 Å². The average Bonchev–Trinajstić information content (AvgIpc) is 2.44. The van der Waals surface area contributed by atoms with Crippen molar-refractivity contribution in [1.29, 1.82) is 0 Å². The van der Waals surface area contributed by atoms with Crippen LogP contribution in [0.15, 0.2) is 18.3 Å². The predicted molar refractivity (Wildman–Crippen MR) is 50.3 cm³/mol. The van der Waals surface area contributed by atoms with Crippen LogP contribution in [0.1, 0.15) is 16.2 Å². The van der Waals surface area contributed by atoms with Crippen molar-refractivity contribution in [3.63, 3.8) is 0 Å². The summed E-state index contributed by atoms with van der Waals surface area (Å²) in [5, 5.41) is 0.375. The van der Waals surface area contributed by atoms with Crippen LogP contribution < -0.4 is 0 Å². The molecule has 2 aromatic heterocycles. The summed E-state index contributed by atoms with van der Waals surface area (Å²) in [5.41, 5.74) is 1.80. The highest BCUT2D eigenvalue weighted by Gasteiger charge is 2.09. The number of aryl methyl sites for hydroxylation is 1. The zero-order valence-corrected chi connectivity index (χ0v) is 7.75. The number of nitrogens with zero attached hydrogens (tertiary/aromatic N) is 2. The van der Waals surface area contributed by atoms with Gasteiger partial charge in [0.1, 0.15) is 0 Å². The first kappa shape index (κ1) is 8.26. The molecule has 4 heteroatoms. The van der Waals surface area contributed by atoms with Crippen LogP contribution in [0.2, 0.25) is 5.15 Å². The summed E-state index contributed by atoms with van der Waals surface area (Å²) in [4.78, 5) is 14.5. The quantitative estimate of drug-likeness (QED) is 0.652. The van der Waals surface area contributed by atoms with Gasteiger partial charge in [-0.15, -0.1) is 0 Å². The number of aromatic nitrogens is 2. The van der Waals surface area contributed by atoms with Crippen LogP contribution in [0.25, 0.3) is 5.52 Å². The lowest BCUT2D eigenvalue weighted by molar-refractivity contribution is 0.111. The zero-order valence-electron chi connectivity index (χ0n) is 6.99. The smallest absolute Gasteiger partial charge is 0.186 e. The lowest BCUT2D eigenvalue weighted by Gasteiger charge is -1.97. The van der Waals surface area contributed by atoms with E-state index in [1.54, 1.807) is 10.6 Å². The van der Waals surface area contributed by atoms with Crippen molar-refractivity contribution in [3.8, 4) is 0 Å². The monoisotopic (exact) mass is 194 g/mol. The maximum Gasteiger partial charge on any atom is 0.186 e. The van der Waals surface area contributed by atoms with Gasteiger partial charge in [0.25, 0.3) is 0 Å². The molecule has 0 fully saturated rings. The fourth-order valence-electron chi connectivity index (χ4n) is 1.36. The molecule has 0 aliphatic heterocycles. The van der Waals surface area contributed by atoms with Crippen LogP contribution in [0.4, 0.5) is 0 Å². The van der Waals surface area contributed by atoms with Crippen LogP contribution in [0.5, 0.6) is 0 Å². The summed E-state index contributed by atoms with van der Waals surface area (Å²) in [7, 11) is 0. The molecule has 0 N–H and O–H groups in total. The highest BCUT2D eigenvalue weighted by molar-refractivity contribution is 6.33. The van der Waals surface area contributed by atoms with Crippen molar-refractivity contribution >= 4 is 23.4 Å². The van der Waals surface area contributed by atoms with Crippen molar-refractivity contribution < 1.29 is 4.79 Å². The van der Waals surface area contributed by atoms with Gasteiger partial charge in [-0.3, -0.25) is 9.20 Å². The van der Waals surface area contributed by atoms with Gasteiger partial charge in [0.05, 0.1) is 5.52 Å². The summed E-state index contributed by atoms with van der Waals surface area (Å²) in [6.07, 6.45) is 2.46. The molecule has 0 aromatic carbocycles. The maximum absolute atomic E-state index is 10.6. The van der Waals surface area contributed by atoms with Crippen LogP contribution in [0.3, 0.4) is 0 Å². The molecule has 0 bridgehead atoms. The van der Waals surface area contributed by atoms with Crippen LogP contribution >= 0.6 is 11.6 Å². The Balaban J connectivity index is 2.95. The normalized spacial score (nSPS) is 10.6. The van der Waals surface area contributed by atoms with E-state index in [4.69, 9.17) is 11.6 Å². The molecule has 2 aromatic rings. The summed E-state index contributed by atoms with van der Waals surface area (Å²) in [6.45, 7) is 1.93. The number of halogens is 1. The number of rotatable bonds is 1. The van der Waals surface area contributed by atoms with E-state index >= 15 is 0 Å². The standard InChI is InChI=1S/C9H7ClN2O/c1-6-3-2-4-12-7(5-13)11-9(10)8(6)12/h2-5H,1H3. The summed E-state index contributed by atoms with van der Waals surface area (Å²) >= 11 is 5.87. The van der Waals surface area contributed by atoms with Crippen molar-refractivity contribution in [2.75, 3.05) is 0 Å². The first-order valence-electron chi connectivity index (χ1n) is 3.82. The lowest BCUT2D eigenvalue weighted by atomic mass is 10.3. The topological polar surface area (TPSA) is 34.4 Å². The second-order valence-corrected chi connectivity index (χ2v) is 3.15. The minimum atomic E-state index is 0.337. The number of carbonyl (C=O) groups excluding carboxylic acids is 1. The Morgan fingerprint density at radius 3 is 3.08 bits per heavy atom. The Kier molecular flexibility index (Phi) is 1.81. The molecule has 0 saturated heterocycles. The first-order chi connectivity index (χ1) is 6.24. The van der Waals surface area contributed by atoms with Crippen LogP contribution in [-0.2, 0) is 0 Å². The van der Waals surface area contributed by atoms with Crippen molar-refractivity contribution in [1.82, 2.24) is 9.38 Å². The number of imidazole rings is 1. The van der Waals surface area contributed by atoms with Gasteiger partial charge >= 0.3 is 0 Å². The summed E-state index contributed by atoms with van der Waals surface area (Å²) in [6, 6.07) is 3.78. The van der Waals surface area contributed by atoms with Gasteiger partial charge in [0.2, 0.25) is 0 Å². The van der Waals surface area contributed by atoms with Crippen molar-refractivity contribution in [2.45, 2.75) is 6.92 Å². The van der Waals surface area contributed by atoms with E-state index in [1.165, 1.54) is 0 Å². The number of pyridine rings is 1. The molecule has 2 heterocycles.